The van der Waals surface area contributed by atoms with Crippen LogP contribution in [0.3, 0.4) is 0 Å². The SMILES string of the molecule is Cc1cc(Nc2cc(C#N)n[nH]2)nc(-c2ccc(C(=O)NCc3ccc(-c4ccc(F)nc4C)nc3)nc2)n1. The van der Waals surface area contributed by atoms with Crippen LogP contribution in [0.1, 0.15) is 33.1 Å². The molecular formula is C27H21FN10O. The van der Waals surface area contributed by atoms with E-state index in [2.05, 4.69) is 45.8 Å². The molecule has 0 aromatic carbocycles. The fourth-order valence-electron chi connectivity index (χ4n) is 3.77. The van der Waals surface area contributed by atoms with Crippen LogP contribution in [0.4, 0.5) is 16.0 Å². The number of halogens is 1. The van der Waals surface area contributed by atoms with E-state index in [-0.39, 0.29) is 23.8 Å². The van der Waals surface area contributed by atoms with Gasteiger partial charge in [-0.05, 0) is 49.7 Å². The molecular weight excluding hydrogens is 499 g/mol. The minimum Gasteiger partial charge on any atom is -0.347 e. The number of carbonyl (C=O) groups is 1. The number of hydrogen-bond donors (Lipinski definition) is 3. The average Bonchev–Trinajstić information content (AvgIpc) is 3.39. The third kappa shape index (κ3) is 5.89. The molecule has 0 aliphatic rings. The van der Waals surface area contributed by atoms with Crippen molar-refractivity contribution in [1.82, 2.24) is 40.4 Å². The topological polar surface area (TPSA) is 158 Å². The predicted octanol–water partition coefficient (Wildman–Crippen LogP) is 4.02. The van der Waals surface area contributed by atoms with Crippen LogP contribution in [-0.4, -0.2) is 41.0 Å². The Morgan fingerprint density at radius 2 is 1.90 bits per heavy atom. The second-order valence-corrected chi connectivity index (χ2v) is 8.56. The third-order valence-corrected chi connectivity index (χ3v) is 5.67. The number of aryl methyl sites for hydroxylation is 2. The highest BCUT2D eigenvalue weighted by atomic mass is 19.1. The Morgan fingerprint density at radius 1 is 1.03 bits per heavy atom. The number of H-pyrrole nitrogens is 1. The summed E-state index contributed by atoms with van der Waals surface area (Å²) in [6, 6.07) is 15.2. The minimum absolute atomic E-state index is 0.240. The van der Waals surface area contributed by atoms with E-state index < -0.39 is 5.95 Å². The molecule has 192 valence electrons. The van der Waals surface area contributed by atoms with Crippen molar-refractivity contribution in [1.29, 1.82) is 5.26 Å². The van der Waals surface area contributed by atoms with Gasteiger partial charge in [0.05, 0.1) is 5.69 Å². The van der Waals surface area contributed by atoms with Crippen molar-refractivity contribution in [3.8, 4) is 28.7 Å². The second-order valence-electron chi connectivity index (χ2n) is 8.56. The number of anilines is 2. The molecule has 1 amide bonds. The molecule has 12 heteroatoms. The molecule has 5 heterocycles. The molecule has 0 atom stereocenters. The first-order chi connectivity index (χ1) is 18.9. The molecule has 39 heavy (non-hydrogen) atoms. The molecule has 0 unspecified atom stereocenters. The van der Waals surface area contributed by atoms with E-state index in [1.54, 1.807) is 49.5 Å². The largest absolute Gasteiger partial charge is 0.347 e. The molecule has 11 nitrogen and oxygen atoms in total. The van der Waals surface area contributed by atoms with Gasteiger partial charge in [-0.2, -0.15) is 14.8 Å². The number of nitrogens with one attached hydrogen (secondary N) is 3. The molecule has 0 bridgehead atoms. The molecule has 0 aliphatic heterocycles. The number of amides is 1. The Balaban J connectivity index is 1.22. The van der Waals surface area contributed by atoms with Gasteiger partial charge in [-0.1, -0.05) is 6.07 Å². The summed E-state index contributed by atoms with van der Waals surface area (Å²) in [6.45, 7) is 3.81. The molecule has 5 aromatic rings. The maximum absolute atomic E-state index is 13.3. The molecule has 0 aliphatic carbocycles. The van der Waals surface area contributed by atoms with Crippen LogP contribution >= 0.6 is 0 Å². The van der Waals surface area contributed by atoms with Gasteiger partial charge in [-0.25, -0.2) is 15.0 Å². The van der Waals surface area contributed by atoms with Gasteiger partial charge >= 0.3 is 0 Å². The van der Waals surface area contributed by atoms with Crippen molar-refractivity contribution in [2.45, 2.75) is 20.4 Å². The van der Waals surface area contributed by atoms with Gasteiger partial charge in [-0.15, -0.1) is 0 Å². The summed E-state index contributed by atoms with van der Waals surface area (Å²) < 4.78 is 13.3. The Kier molecular flexibility index (Phi) is 6.96. The lowest BCUT2D eigenvalue weighted by molar-refractivity contribution is 0.0946. The zero-order valence-corrected chi connectivity index (χ0v) is 20.9. The van der Waals surface area contributed by atoms with Gasteiger partial charge in [0.25, 0.3) is 5.91 Å². The van der Waals surface area contributed by atoms with Gasteiger partial charge in [-0.3, -0.25) is 19.9 Å². The number of rotatable bonds is 7. The number of pyridine rings is 3. The number of aromatic nitrogens is 7. The first-order valence-electron chi connectivity index (χ1n) is 11.8. The quantitative estimate of drug-likeness (QED) is 0.269. The molecule has 3 N–H and O–H groups in total. The summed E-state index contributed by atoms with van der Waals surface area (Å²) in [5.41, 5.74) is 4.60. The molecule has 0 spiro atoms. The summed E-state index contributed by atoms with van der Waals surface area (Å²) in [6.07, 6.45) is 3.19. The lowest BCUT2D eigenvalue weighted by Gasteiger charge is -2.09. The van der Waals surface area contributed by atoms with Crippen molar-refractivity contribution in [3.63, 3.8) is 0 Å². The highest BCUT2D eigenvalue weighted by molar-refractivity contribution is 5.92. The van der Waals surface area contributed by atoms with Gasteiger partial charge in [0.1, 0.15) is 23.4 Å². The summed E-state index contributed by atoms with van der Waals surface area (Å²) >= 11 is 0. The van der Waals surface area contributed by atoms with Crippen LogP contribution in [0.5, 0.6) is 0 Å². The highest BCUT2D eigenvalue weighted by Gasteiger charge is 2.12. The molecule has 0 radical (unpaired) electrons. The molecule has 5 aromatic heterocycles. The van der Waals surface area contributed by atoms with Gasteiger partial charge < -0.3 is 10.6 Å². The monoisotopic (exact) mass is 520 g/mol. The van der Waals surface area contributed by atoms with Gasteiger partial charge in [0, 0.05) is 53.6 Å². The van der Waals surface area contributed by atoms with Crippen molar-refractivity contribution >= 4 is 17.5 Å². The van der Waals surface area contributed by atoms with Crippen molar-refractivity contribution < 1.29 is 9.18 Å². The van der Waals surface area contributed by atoms with E-state index in [4.69, 9.17) is 5.26 Å². The van der Waals surface area contributed by atoms with Crippen molar-refractivity contribution in [3.05, 3.63) is 95.2 Å². The predicted molar refractivity (Wildman–Crippen MR) is 140 cm³/mol. The number of carbonyl (C=O) groups excluding carboxylic acids is 1. The number of hydrogen-bond acceptors (Lipinski definition) is 9. The lowest BCUT2D eigenvalue weighted by Crippen LogP contribution is -2.23. The fraction of sp³-hybridized carbons (Fsp3) is 0.111. The maximum Gasteiger partial charge on any atom is 0.270 e. The summed E-state index contributed by atoms with van der Waals surface area (Å²) in [5.74, 6) is 0.580. The van der Waals surface area contributed by atoms with Crippen LogP contribution in [0.2, 0.25) is 0 Å². The molecule has 0 saturated heterocycles. The van der Waals surface area contributed by atoms with E-state index >= 15 is 0 Å². The van der Waals surface area contributed by atoms with E-state index in [9.17, 15) is 9.18 Å². The van der Waals surface area contributed by atoms with E-state index in [0.717, 1.165) is 16.8 Å². The van der Waals surface area contributed by atoms with Crippen molar-refractivity contribution in [2.24, 2.45) is 0 Å². The standard InChI is InChI=1S/C27H21FN10O/c1-15-9-24(35-25-10-19(11-29)37-38-25)36-26(33-15)18-4-7-22(31-14-18)27(39)32-13-17-3-6-21(30-12-17)20-5-8-23(28)34-16(20)2/h3-10,12,14H,13H2,1-2H3,(H,32,39)(H2,33,35,36,37,38). The van der Waals surface area contributed by atoms with Gasteiger partial charge in [0.2, 0.25) is 5.95 Å². The van der Waals surface area contributed by atoms with Crippen LogP contribution in [0.25, 0.3) is 22.6 Å². The fourth-order valence-corrected chi connectivity index (χ4v) is 3.77. The Bertz CT molecular complexity index is 1690. The molecule has 0 saturated carbocycles. The van der Waals surface area contributed by atoms with Crippen LogP contribution in [-0.2, 0) is 6.54 Å². The highest BCUT2D eigenvalue weighted by Crippen LogP contribution is 2.21. The minimum atomic E-state index is -0.536. The molecule has 5 rings (SSSR count). The lowest BCUT2D eigenvalue weighted by atomic mass is 10.1. The smallest absolute Gasteiger partial charge is 0.270 e. The first-order valence-corrected chi connectivity index (χ1v) is 11.8. The van der Waals surface area contributed by atoms with Gasteiger partial charge in [0.15, 0.2) is 11.5 Å². The van der Waals surface area contributed by atoms with Crippen LogP contribution in [0.15, 0.2) is 60.9 Å². The summed E-state index contributed by atoms with van der Waals surface area (Å²) in [7, 11) is 0. The number of nitriles is 1. The average molecular weight is 521 g/mol. The number of aromatic amines is 1. The summed E-state index contributed by atoms with van der Waals surface area (Å²) in [4.78, 5) is 34.1. The second kappa shape index (κ2) is 10.8. The Morgan fingerprint density at radius 3 is 2.59 bits per heavy atom. The molecule has 0 fully saturated rings. The maximum atomic E-state index is 13.3. The first kappa shape index (κ1) is 25.1. The Labute approximate surface area is 222 Å². The van der Waals surface area contributed by atoms with E-state index in [0.29, 0.717) is 34.4 Å². The normalized spacial score (nSPS) is 10.6. The summed E-state index contributed by atoms with van der Waals surface area (Å²) in [5, 5.41) is 21.4. The number of nitrogens with zero attached hydrogens (tertiary/aromatic N) is 7. The van der Waals surface area contributed by atoms with Crippen LogP contribution < -0.4 is 10.6 Å². The third-order valence-electron chi connectivity index (χ3n) is 5.67. The Hall–Kier alpha value is -5.57. The van der Waals surface area contributed by atoms with Crippen LogP contribution in [0, 0.1) is 31.1 Å². The van der Waals surface area contributed by atoms with E-state index in [1.807, 2.05) is 19.1 Å². The van der Waals surface area contributed by atoms with E-state index in [1.165, 1.54) is 12.3 Å². The zero-order chi connectivity index (χ0) is 27.4. The van der Waals surface area contributed by atoms with Crippen molar-refractivity contribution in [2.75, 3.05) is 5.32 Å². The zero-order valence-electron chi connectivity index (χ0n) is 20.9.